The van der Waals surface area contributed by atoms with E-state index in [1.807, 2.05) is 24.3 Å². The minimum absolute atomic E-state index is 0.238. The summed E-state index contributed by atoms with van der Waals surface area (Å²) in [4.78, 5) is 22.9. The van der Waals surface area contributed by atoms with Crippen LogP contribution >= 0.6 is 11.8 Å². The number of benzene rings is 1. The summed E-state index contributed by atoms with van der Waals surface area (Å²) in [7, 11) is 0. The standard InChI is InChI=1S/C17H21NO3S/c1-17(9-3-2-4-10-17)11-21-13-7-5-12(6-8-13)14-15(19)18-16(20)22-14/h5-8,14H,2-4,9-11H2,1H3,(H,18,19,20). The average Bonchev–Trinajstić information content (AvgIpc) is 2.85. The van der Waals surface area contributed by atoms with Crippen LogP contribution in [-0.2, 0) is 4.79 Å². The molecule has 1 unspecified atom stereocenters. The van der Waals surface area contributed by atoms with Gasteiger partial charge >= 0.3 is 0 Å². The Bertz CT molecular complexity index is 564. The minimum atomic E-state index is -0.433. The first-order chi connectivity index (χ1) is 10.6. The first-order valence-corrected chi connectivity index (χ1v) is 8.68. The van der Waals surface area contributed by atoms with E-state index in [0.717, 1.165) is 29.7 Å². The molecule has 0 aromatic heterocycles. The molecule has 0 spiro atoms. The van der Waals surface area contributed by atoms with Crippen molar-refractivity contribution in [2.75, 3.05) is 6.61 Å². The number of nitrogens with one attached hydrogen (secondary N) is 1. The van der Waals surface area contributed by atoms with Crippen LogP contribution in [0.3, 0.4) is 0 Å². The van der Waals surface area contributed by atoms with E-state index in [9.17, 15) is 9.59 Å². The highest BCUT2D eigenvalue weighted by Crippen LogP contribution is 2.37. The molecule has 0 radical (unpaired) electrons. The van der Waals surface area contributed by atoms with Crippen LogP contribution in [0.4, 0.5) is 4.79 Å². The van der Waals surface area contributed by atoms with Crippen molar-refractivity contribution in [3.63, 3.8) is 0 Å². The number of imide groups is 1. The number of carbonyl (C=O) groups is 2. The zero-order chi connectivity index (χ0) is 15.6. The minimum Gasteiger partial charge on any atom is -0.493 e. The van der Waals surface area contributed by atoms with Crippen LogP contribution in [-0.4, -0.2) is 17.8 Å². The number of hydrogen-bond donors (Lipinski definition) is 1. The molecule has 4 nitrogen and oxygen atoms in total. The third-order valence-electron chi connectivity index (χ3n) is 4.52. The molecule has 1 heterocycles. The molecule has 118 valence electrons. The Balaban J connectivity index is 1.60. The van der Waals surface area contributed by atoms with Gasteiger partial charge in [0.25, 0.3) is 5.24 Å². The van der Waals surface area contributed by atoms with Gasteiger partial charge in [0.05, 0.1) is 6.61 Å². The number of carbonyl (C=O) groups excluding carboxylic acids is 2. The summed E-state index contributed by atoms with van der Waals surface area (Å²) in [6.07, 6.45) is 6.38. The smallest absolute Gasteiger partial charge is 0.286 e. The molecular formula is C17H21NO3S. The van der Waals surface area contributed by atoms with Gasteiger partial charge in [-0.3, -0.25) is 14.9 Å². The van der Waals surface area contributed by atoms with Gasteiger partial charge < -0.3 is 4.74 Å². The van der Waals surface area contributed by atoms with Gasteiger partial charge in [0.1, 0.15) is 11.0 Å². The Kier molecular flexibility index (Phi) is 4.43. The molecule has 2 amide bonds. The fourth-order valence-electron chi connectivity index (χ4n) is 3.12. The fraction of sp³-hybridized carbons (Fsp3) is 0.529. The predicted octanol–water partition coefficient (Wildman–Crippen LogP) is 4.06. The lowest BCUT2D eigenvalue weighted by Crippen LogP contribution is -2.27. The first-order valence-electron chi connectivity index (χ1n) is 7.80. The van der Waals surface area contributed by atoms with Crippen molar-refractivity contribution in [3.8, 4) is 5.75 Å². The monoisotopic (exact) mass is 319 g/mol. The van der Waals surface area contributed by atoms with E-state index in [2.05, 4.69) is 12.2 Å². The van der Waals surface area contributed by atoms with Crippen LogP contribution < -0.4 is 10.1 Å². The van der Waals surface area contributed by atoms with Crippen LogP contribution in [0.5, 0.6) is 5.75 Å². The Hall–Kier alpha value is -1.49. The summed E-state index contributed by atoms with van der Waals surface area (Å²) in [5.41, 5.74) is 1.12. The molecule has 1 atom stereocenters. The maximum absolute atomic E-state index is 11.7. The maximum Gasteiger partial charge on any atom is 0.286 e. The van der Waals surface area contributed by atoms with Gasteiger partial charge in [-0.05, 0) is 42.3 Å². The summed E-state index contributed by atoms with van der Waals surface area (Å²) in [5.74, 6) is 0.587. The van der Waals surface area contributed by atoms with Gasteiger partial charge in [-0.1, -0.05) is 38.3 Å². The number of thioether (sulfide) groups is 1. The highest BCUT2D eigenvalue weighted by molar-refractivity contribution is 8.15. The third kappa shape index (κ3) is 3.46. The zero-order valence-electron chi connectivity index (χ0n) is 12.8. The highest BCUT2D eigenvalue weighted by Gasteiger charge is 2.33. The third-order valence-corrected chi connectivity index (χ3v) is 5.56. The maximum atomic E-state index is 11.7. The first kappa shape index (κ1) is 15.4. The Morgan fingerprint density at radius 2 is 1.86 bits per heavy atom. The van der Waals surface area contributed by atoms with Crippen LogP contribution in [0.2, 0.25) is 0 Å². The lowest BCUT2D eigenvalue weighted by atomic mass is 9.76. The van der Waals surface area contributed by atoms with Crippen molar-refractivity contribution in [3.05, 3.63) is 29.8 Å². The molecule has 1 aliphatic carbocycles. The molecule has 5 heteroatoms. The second kappa shape index (κ2) is 6.32. The van der Waals surface area contributed by atoms with Gasteiger partial charge in [0.2, 0.25) is 5.91 Å². The molecule has 2 aliphatic rings. The van der Waals surface area contributed by atoms with Gasteiger partial charge in [-0.25, -0.2) is 0 Å². The molecule has 1 aliphatic heterocycles. The number of hydrogen-bond acceptors (Lipinski definition) is 4. The largest absolute Gasteiger partial charge is 0.493 e. The Morgan fingerprint density at radius 1 is 1.18 bits per heavy atom. The molecule has 1 N–H and O–H groups in total. The zero-order valence-corrected chi connectivity index (χ0v) is 13.6. The van der Waals surface area contributed by atoms with Crippen molar-refractivity contribution >= 4 is 22.9 Å². The van der Waals surface area contributed by atoms with Crippen LogP contribution in [0, 0.1) is 5.41 Å². The second-order valence-electron chi connectivity index (χ2n) is 6.50. The van der Waals surface area contributed by atoms with Crippen molar-refractivity contribution < 1.29 is 14.3 Å². The molecule has 2 fully saturated rings. The van der Waals surface area contributed by atoms with E-state index in [1.165, 1.54) is 32.1 Å². The van der Waals surface area contributed by atoms with E-state index < -0.39 is 5.25 Å². The average molecular weight is 319 g/mol. The summed E-state index contributed by atoms with van der Waals surface area (Å²) >= 11 is 1.03. The van der Waals surface area contributed by atoms with Gasteiger partial charge in [0, 0.05) is 5.41 Å². The van der Waals surface area contributed by atoms with Gasteiger partial charge in [-0.15, -0.1) is 0 Å². The quantitative estimate of drug-likeness (QED) is 0.909. The normalized spacial score (nSPS) is 24.1. The fourth-order valence-corrected chi connectivity index (χ4v) is 3.95. The number of amides is 2. The Morgan fingerprint density at radius 3 is 2.45 bits per heavy atom. The summed E-state index contributed by atoms with van der Waals surface area (Å²) in [6.45, 7) is 3.04. The summed E-state index contributed by atoms with van der Waals surface area (Å²) < 4.78 is 5.94. The topological polar surface area (TPSA) is 55.4 Å². The molecule has 22 heavy (non-hydrogen) atoms. The number of rotatable bonds is 4. The molecular weight excluding hydrogens is 298 g/mol. The van der Waals surface area contributed by atoms with Gasteiger partial charge in [0.15, 0.2) is 0 Å². The van der Waals surface area contributed by atoms with Crippen LogP contribution in [0.15, 0.2) is 24.3 Å². The summed E-state index contributed by atoms with van der Waals surface area (Å²) in [6, 6.07) is 7.51. The van der Waals surface area contributed by atoms with Crippen molar-refractivity contribution in [1.82, 2.24) is 5.32 Å². The molecule has 3 rings (SSSR count). The van der Waals surface area contributed by atoms with Gasteiger partial charge in [-0.2, -0.15) is 0 Å². The van der Waals surface area contributed by atoms with E-state index in [1.54, 1.807) is 0 Å². The molecule has 1 saturated carbocycles. The Labute approximate surface area is 135 Å². The highest BCUT2D eigenvalue weighted by atomic mass is 32.2. The lowest BCUT2D eigenvalue weighted by molar-refractivity contribution is -0.119. The van der Waals surface area contributed by atoms with E-state index >= 15 is 0 Å². The van der Waals surface area contributed by atoms with Crippen molar-refractivity contribution in [2.45, 2.75) is 44.3 Å². The molecule has 1 saturated heterocycles. The molecule has 1 aromatic carbocycles. The van der Waals surface area contributed by atoms with Crippen LogP contribution in [0.1, 0.15) is 49.8 Å². The number of ether oxygens (including phenoxy) is 1. The lowest BCUT2D eigenvalue weighted by Gasteiger charge is -2.33. The van der Waals surface area contributed by atoms with E-state index in [4.69, 9.17) is 4.74 Å². The molecule has 0 bridgehead atoms. The molecule has 1 aromatic rings. The van der Waals surface area contributed by atoms with E-state index in [-0.39, 0.29) is 16.6 Å². The van der Waals surface area contributed by atoms with Crippen molar-refractivity contribution in [2.24, 2.45) is 5.41 Å². The van der Waals surface area contributed by atoms with Crippen molar-refractivity contribution in [1.29, 1.82) is 0 Å². The second-order valence-corrected chi connectivity index (χ2v) is 7.58. The van der Waals surface area contributed by atoms with E-state index in [0.29, 0.717) is 0 Å². The van der Waals surface area contributed by atoms with Crippen LogP contribution in [0.25, 0.3) is 0 Å². The summed E-state index contributed by atoms with van der Waals surface area (Å²) in [5, 5.41) is 1.60. The predicted molar refractivity (Wildman–Crippen MR) is 87.0 cm³/mol. The SMILES string of the molecule is CC1(COc2ccc(C3SC(=O)NC3=O)cc2)CCCCC1.